The Hall–Kier alpha value is -3.28. The van der Waals surface area contributed by atoms with Crippen molar-refractivity contribution in [2.45, 2.75) is 19.3 Å². The number of carbonyl (C=O) groups excluding carboxylic acids is 1. The number of aryl methyl sites for hydroxylation is 1. The average molecular weight is 379 g/mol. The Labute approximate surface area is 163 Å². The molecule has 0 aliphatic carbocycles. The first kappa shape index (κ1) is 18.1. The molecule has 0 atom stereocenters. The Morgan fingerprint density at radius 1 is 1.04 bits per heavy atom. The monoisotopic (exact) mass is 379 g/mol. The summed E-state index contributed by atoms with van der Waals surface area (Å²) in [5, 5.41) is 0. The molecule has 0 bridgehead atoms. The smallest absolute Gasteiger partial charge is 0.363 e. The Morgan fingerprint density at radius 3 is 2.61 bits per heavy atom. The van der Waals surface area contributed by atoms with Gasteiger partial charge in [-0.25, -0.2) is 9.79 Å². The third-order valence-electron chi connectivity index (χ3n) is 4.53. The van der Waals surface area contributed by atoms with E-state index in [-0.39, 0.29) is 0 Å². The van der Waals surface area contributed by atoms with E-state index in [1.807, 2.05) is 42.5 Å². The van der Waals surface area contributed by atoms with Gasteiger partial charge in [0, 0.05) is 12.8 Å². The number of ether oxygens (including phenoxy) is 4. The Morgan fingerprint density at radius 2 is 1.82 bits per heavy atom. The SMILES string of the molecule is COc1ccc(CCC2=N/C(=C/c3ccc4c(c3)OCCCO4)C(=O)O2)cc1. The summed E-state index contributed by atoms with van der Waals surface area (Å²) in [7, 11) is 1.64. The number of nitrogens with zero attached hydrogens (tertiary/aromatic N) is 1. The van der Waals surface area contributed by atoms with Gasteiger partial charge < -0.3 is 18.9 Å². The lowest BCUT2D eigenvalue weighted by Crippen LogP contribution is -2.05. The Kier molecular flexibility index (Phi) is 5.28. The van der Waals surface area contributed by atoms with Crippen molar-refractivity contribution in [3.63, 3.8) is 0 Å². The highest BCUT2D eigenvalue weighted by atomic mass is 16.6. The van der Waals surface area contributed by atoms with Crippen LogP contribution in [0.4, 0.5) is 0 Å². The predicted octanol–water partition coefficient (Wildman–Crippen LogP) is 3.79. The summed E-state index contributed by atoms with van der Waals surface area (Å²) < 4.78 is 21.8. The van der Waals surface area contributed by atoms with Gasteiger partial charge in [-0.2, -0.15) is 0 Å². The van der Waals surface area contributed by atoms with Crippen molar-refractivity contribution in [3.05, 3.63) is 59.3 Å². The molecule has 0 N–H and O–H groups in total. The predicted molar refractivity (Wildman–Crippen MR) is 105 cm³/mol. The van der Waals surface area contributed by atoms with Crippen molar-refractivity contribution in [3.8, 4) is 17.2 Å². The van der Waals surface area contributed by atoms with E-state index in [1.165, 1.54) is 0 Å². The van der Waals surface area contributed by atoms with E-state index in [1.54, 1.807) is 13.2 Å². The van der Waals surface area contributed by atoms with Crippen LogP contribution in [0, 0.1) is 0 Å². The van der Waals surface area contributed by atoms with Crippen LogP contribution < -0.4 is 14.2 Å². The minimum atomic E-state index is -0.433. The van der Waals surface area contributed by atoms with Gasteiger partial charge in [-0.15, -0.1) is 0 Å². The lowest BCUT2D eigenvalue weighted by atomic mass is 10.1. The van der Waals surface area contributed by atoms with Crippen LogP contribution in [0.5, 0.6) is 17.2 Å². The standard InChI is InChI=1S/C22H21NO5/c1-25-17-7-3-15(4-8-17)6-10-21-23-18(22(24)28-21)13-16-5-9-19-20(14-16)27-12-2-11-26-19/h3-5,7-9,13-14H,2,6,10-12H2,1H3/b18-13+. The highest BCUT2D eigenvalue weighted by Crippen LogP contribution is 2.31. The zero-order valence-electron chi connectivity index (χ0n) is 15.6. The minimum absolute atomic E-state index is 0.291. The second-order valence-electron chi connectivity index (χ2n) is 6.53. The largest absolute Gasteiger partial charge is 0.497 e. The molecule has 0 saturated heterocycles. The summed E-state index contributed by atoms with van der Waals surface area (Å²) in [6, 6.07) is 13.4. The highest BCUT2D eigenvalue weighted by Gasteiger charge is 2.23. The number of cyclic esters (lactones) is 1. The lowest BCUT2D eigenvalue weighted by molar-refractivity contribution is -0.130. The van der Waals surface area contributed by atoms with Crippen LogP contribution in [0.25, 0.3) is 6.08 Å². The number of fused-ring (bicyclic) bond motifs is 1. The number of hydrogen-bond donors (Lipinski definition) is 0. The normalized spacial score (nSPS) is 17.1. The summed E-state index contributed by atoms with van der Waals surface area (Å²) >= 11 is 0. The molecule has 0 fully saturated rings. The van der Waals surface area contributed by atoms with Gasteiger partial charge >= 0.3 is 5.97 Å². The van der Waals surface area contributed by atoms with Crippen LogP contribution in [-0.4, -0.2) is 32.2 Å². The van der Waals surface area contributed by atoms with Crippen LogP contribution in [0.2, 0.25) is 0 Å². The van der Waals surface area contributed by atoms with Crippen LogP contribution in [0.15, 0.2) is 53.2 Å². The minimum Gasteiger partial charge on any atom is -0.497 e. The topological polar surface area (TPSA) is 66.3 Å². The summed E-state index contributed by atoms with van der Waals surface area (Å²) in [5.41, 5.74) is 2.23. The molecule has 6 heteroatoms. The highest BCUT2D eigenvalue weighted by molar-refractivity contribution is 6.07. The van der Waals surface area contributed by atoms with Gasteiger partial charge in [0.1, 0.15) is 5.75 Å². The molecule has 6 nitrogen and oxygen atoms in total. The summed E-state index contributed by atoms with van der Waals surface area (Å²) in [4.78, 5) is 16.5. The molecule has 2 aromatic carbocycles. The zero-order valence-corrected chi connectivity index (χ0v) is 15.6. The van der Waals surface area contributed by atoms with Crippen molar-refractivity contribution in [2.24, 2.45) is 4.99 Å². The molecular formula is C22H21NO5. The van der Waals surface area contributed by atoms with Gasteiger partial charge in [0.2, 0.25) is 0 Å². The third-order valence-corrected chi connectivity index (χ3v) is 4.53. The molecule has 0 unspecified atom stereocenters. The molecule has 28 heavy (non-hydrogen) atoms. The zero-order chi connectivity index (χ0) is 19.3. The summed E-state index contributed by atoms with van der Waals surface area (Å²) in [5.74, 6) is 2.21. The lowest BCUT2D eigenvalue weighted by Gasteiger charge is -2.07. The number of carbonyl (C=O) groups is 1. The number of rotatable bonds is 5. The number of hydrogen-bond acceptors (Lipinski definition) is 6. The van der Waals surface area contributed by atoms with E-state index < -0.39 is 5.97 Å². The van der Waals surface area contributed by atoms with Crippen molar-refractivity contribution >= 4 is 17.9 Å². The van der Waals surface area contributed by atoms with Crippen LogP contribution in [-0.2, 0) is 16.0 Å². The molecule has 0 amide bonds. The maximum atomic E-state index is 12.2. The van der Waals surface area contributed by atoms with Crippen LogP contribution >= 0.6 is 0 Å². The van der Waals surface area contributed by atoms with E-state index in [9.17, 15) is 4.79 Å². The van der Waals surface area contributed by atoms with Gasteiger partial charge in [-0.1, -0.05) is 18.2 Å². The summed E-state index contributed by atoms with van der Waals surface area (Å²) in [6.07, 6.45) is 3.83. The molecular weight excluding hydrogens is 358 g/mol. The van der Waals surface area contributed by atoms with Crippen molar-refractivity contribution in [1.82, 2.24) is 0 Å². The Balaban J connectivity index is 1.45. The van der Waals surface area contributed by atoms with E-state index in [0.29, 0.717) is 37.0 Å². The van der Waals surface area contributed by atoms with Crippen molar-refractivity contribution < 1.29 is 23.7 Å². The first-order valence-electron chi connectivity index (χ1n) is 9.25. The molecule has 2 aliphatic rings. The molecule has 2 heterocycles. The molecule has 144 valence electrons. The maximum absolute atomic E-state index is 12.2. The maximum Gasteiger partial charge on any atom is 0.363 e. The molecule has 2 aliphatic heterocycles. The van der Waals surface area contributed by atoms with Crippen molar-refractivity contribution in [1.29, 1.82) is 0 Å². The number of aliphatic imine (C=N–C) groups is 1. The molecule has 0 saturated carbocycles. The second-order valence-corrected chi connectivity index (χ2v) is 6.53. The average Bonchev–Trinajstić information content (AvgIpc) is 2.91. The molecule has 4 rings (SSSR count). The van der Waals surface area contributed by atoms with Gasteiger partial charge in [0.25, 0.3) is 0 Å². The van der Waals surface area contributed by atoms with E-state index >= 15 is 0 Å². The Bertz CT molecular complexity index is 930. The fourth-order valence-corrected chi connectivity index (χ4v) is 3.03. The fraction of sp³-hybridized carbons (Fsp3) is 0.273. The quantitative estimate of drug-likeness (QED) is 0.584. The first-order chi connectivity index (χ1) is 13.7. The van der Waals surface area contributed by atoms with Gasteiger partial charge in [0.15, 0.2) is 23.1 Å². The molecule has 2 aromatic rings. The fourth-order valence-electron chi connectivity index (χ4n) is 3.03. The van der Waals surface area contributed by atoms with Gasteiger partial charge in [-0.05, 0) is 47.9 Å². The van der Waals surface area contributed by atoms with Crippen LogP contribution in [0.3, 0.4) is 0 Å². The second kappa shape index (κ2) is 8.17. The van der Waals surface area contributed by atoms with Crippen LogP contribution in [0.1, 0.15) is 24.0 Å². The first-order valence-corrected chi connectivity index (χ1v) is 9.25. The number of esters is 1. The van der Waals surface area contributed by atoms with Gasteiger partial charge in [0.05, 0.1) is 20.3 Å². The van der Waals surface area contributed by atoms with Crippen molar-refractivity contribution in [2.75, 3.05) is 20.3 Å². The third kappa shape index (κ3) is 4.17. The molecule has 0 spiro atoms. The molecule has 0 radical (unpaired) electrons. The van der Waals surface area contributed by atoms with E-state index in [4.69, 9.17) is 18.9 Å². The number of methoxy groups -OCH3 is 1. The van der Waals surface area contributed by atoms with E-state index in [0.717, 1.165) is 35.5 Å². The van der Waals surface area contributed by atoms with E-state index in [2.05, 4.69) is 4.99 Å². The molecule has 0 aromatic heterocycles. The van der Waals surface area contributed by atoms with Gasteiger partial charge in [-0.3, -0.25) is 0 Å². The summed E-state index contributed by atoms with van der Waals surface area (Å²) in [6.45, 7) is 1.25. The number of benzene rings is 2.